The standard InChI is InChI=1S/C22H25N5O3/c1-13-5-6-19(14(2)25-13)30-20-9-16-12-26(11-15(16)8-18(20)28)22(29)17-10-23-21-4-3-7-24-27(17)21/h3-7,10,15-16,18,20,28H,8-9,11-12H2,1-2H3/t15-,16+,18+,20+/m0/s1. The predicted octanol–water partition coefficient (Wildman–Crippen LogP) is 2.03. The number of carbonyl (C=O) groups excluding carboxylic acids is 1. The molecule has 8 nitrogen and oxygen atoms in total. The summed E-state index contributed by atoms with van der Waals surface area (Å²) >= 11 is 0. The summed E-state index contributed by atoms with van der Waals surface area (Å²) in [6, 6.07) is 7.46. The van der Waals surface area contributed by atoms with Crippen LogP contribution in [0.3, 0.4) is 0 Å². The minimum absolute atomic E-state index is 0.0684. The van der Waals surface area contributed by atoms with E-state index in [1.54, 1.807) is 23.0 Å². The van der Waals surface area contributed by atoms with E-state index in [-0.39, 0.29) is 17.9 Å². The van der Waals surface area contributed by atoms with Crippen LogP contribution in [-0.4, -0.2) is 60.8 Å². The zero-order valence-electron chi connectivity index (χ0n) is 17.1. The third kappa shape index (κ3) is 3.31. The minimum atomic E-state index is -0.556. The number of fused-ring (bicyclic) bond motifs is 2. The second kappa shape index (κ2) is 7.36. The number of pyridine rings is 1. The highest BCUT2D eigenvalue weighted by Gasteiger charge is 2.44. The SMILES string of the molecule is Cc1ccc(O[C@@H]2C[C@@H]3CN(C(=O)c4cnc5cccnn45)C[C@@H]3C[C@H]2O)c(C)n1. The van der Waals surface area contributed by atoms with Gasteiger partial charge in [-0.15, -0.1) is 0 Å². The van der Waals surface area contributed by atoms with Gasteiger partial charge in [0, 0.05) is 25.0 Å². The third-order valence-corrected chi connectivity index (χ3v) is 6.32. The molecule has 0 spiro atoms. The Morgan fingerprint density at radius 2 is 1.97 bits per heavy atom. The van der Waals surface area contributed by atoms with Gasteiger partial charge in [0.1, 0.15) is 11.9 Å². The van der Waals surface area contributed by atoms with Crippen molar-refractivity contribution < 1.29 is 14.6 Å². The van der Waals surface area contributed by atoms with Gasteiger partial charge in [0.25, 0.3) is 5.91 Å². The van der Waals surface area contributed by atoms with Crippen LogP contribution in [0.15, 0.2) is 36.7 Å². The molecule has 1 aliphatic heterocycles. The van der Waals surface area contributed by atoms with Gasteiger partial charge in [0.05, 0.1) is 18.0 Å². The van der Waals surface area contributed by atoms with Crippen LogP contribution in [0.2, 0.25) is 0 Å². The number of aliphatic hydroxyl groups is 1. The van der Waals surface area contributed by atoms with Gasteiger partial charge in [-0.05, 0) is 62.8 Å². The molecule has 4 atom stereocenters. The maximum absolute atomic E-state index is 13.1. The van der Waals surface area contributed by atoms with Gasteiger partial charge in [-0.3, -0.25) is 9.78 Å². The van der Waals surface area contributed by atoms with Gasteiger partial charge >= 0.3 is 0 Å². The van der Waals surface area contributed by atoms with Crippen molar-refractivity contribution in [2.24, 2.45) is 11.8 Å². The van der Waals surface area contributed by atoms with Crippen LogP contribution in [0.5, 0.6) is 5.75 Å². The molecule has 1 aliphatic carbocycles. The van der Waals surface area contributed by atoms with Crippen molar-refractivity contribution in [3.05, 3.63) is 53.7 Å². The summed E-state index contributed by atoms with van der Waals surface area (Å²) in [5.41, 5.74) is 2.89. The van der Waals surface area contributed by atoms with Gasteiger partial charge < -0.3 is 14.7 Å². The van der Waals surface area contributed by atoms with Gasteiger partial charge in [0.15, 0.2) is 11.3 Å². The average Bonchev–Trinajstić information content (AvgIpc) is 3.33. The molecule has 3 aromatic rings. The number of ether oxygens (including phenoxy) is 1. The van der Waals surface area contributed by atoms with Crippen molar-refractivity contribution >= 4 is 11.6 Å². The maximum atomic E-state index is 13.1. The summed E-state index contributed by atoms with van der Waals surface area (Å²) < 4.78 is 7.73. The molecule has 1 saturated heterocycles. The minimum Gasteiger partial charge on any atom is -0.486 e. The van der Waals surface area contributed by atoms with E-state index in [2.05, 4.69) is 15.1 Å². The Morgan fingerprint density at radius 3 is 2.77 bits per heavy atom. The third-order valence-electron chi connectivity index (χ3n) is 6.32. The number of aryl methyl sites for hydroxylation is 2. The van der Waals surface area contributed by atoms with Crippen LogP contribution in [0.4, 0.5) is 0 Å². The number of hydrogen-bond donors (Lipinski definition) is 1. The Bertz CT molecular complexity index is 1100. The molecular formula is C22H25N5O3. The van der Waals surface area contributed by atoms with Gasteiger partial charge in [-0.25, -0.2) is 9.50 Å². The van der Waals surface area contributed by atoms with Gasteiger partial charge in [0.2, 0.25) is 0 Å². The number of carbonyl (C=O) groups is 1. The van der Waals surface area contributed by atoms with E-state index < -0.39 is 6.10 Å². The number of rotatable bonds is 3. The lowest BCUT2D eigenvalue weighted by molar-refractivity contribution is -0.0236. The lowest BCUT2D eigenvalue weighted by atomic mass is 9.78. The van der Waals surface area contributed by atoms with E-state index in [0.29, 0.717) is 48.9 Å². The monoisotopic (exact) mass is 407 g/mol. The highest BCUT2D eigenvalue weighted by Crippen LogP contribution is 2.38. The Balaban J connectivity index is 1.30. The fourth-order valence-electron chi connectivity index (χ4n) is 4.78. The maximum Gasteiger partial charge on any atom is 0.274 e. The van der Waals surface area contributed by atoms with Crippen LogP contribution < -0.4 is 4.74 Å². The zero-order valence-corrected chi connectivity index (χ0v) is 17.1. The smallest absolute Gasteiger partial charge is 0.274 e. The fourth-order valence-corrected chi connectivity index (χ4v) is 4.78. The van der Waals surface area contributed by atoms with Crippen LogP contribution in [-0.2, 0) is 0 Å². The number of imidazole rings is 1. The normalized spacial score (nSPS) is 26.0. The Kier molecular flexibility index (Phi) is 4.66. The first-order valence-electron chi connectivity index (χ1n) is 10.4. The molecule has 0 bridgehead atoms. The quantitative estimate of drug-likeness (QED) is 0.714. The molecule has 156 valence electrons. The first kappa shape index (κ1) is 19.0. The topological polar surface area (TPSA) is 92.9 Å². The Hall–Kier alpha value is -3.00. The van der Waals surface area contributed by atoms with Crippen LogP contribution in [0, 0.1) is 25.7 Å². The lowest BCUT2D eigenvalue weighted by Gasteiger charge is -2.35. The second-order valence-electron chi connectivity index (χ2n) is 8.40. The molecule has 1 N–H and O–H groups in total. The molecule has 30 heavy (non-hydrogen) atoms. The zero-order chi connectivity index (χ0) is 20.8. The van der Waals surface area contributed by atoms with Crippen molar-refractivity contribution in [2.75, 3.05) is 13.1 Å². The number of amides is 1. The van der Waals surface area contributed by atoms with E-state index >= 15 is 0 Å². The van der Waals surface area contributed by atoms with Crippen LogP contribution in [0.25, 0.3) is 5.65 Å². The average molecular weight is 407 g/mol. The van der Waals surface area contributed by atoms with Crippen LogP contribution >= 0.6 is 0 Å². The summed E-state index contributed by atoms with van der Waals surface area (Å²) in [6.45, 7) is 5.15. The summed E-state index contributed by atoms with van der Waals surface area (Å²) in [7, 11) is 0. The van der Waals surface area contributed by atoms with E-state index in [9.17, 15) is 9.90 Å². The van der Waals surface area contributed by atoms with Crippen molar-refractivity contribution in [2.45, 2.75) is 38.9 Å². The van der Waals surface area contributed by atoms with E-state index in [0.717, 1.165) is 11.4 Å². The summed E-state index contributed by atoms with van der Waals surface area (Å²) in [6.07, 6.45) is 3.73. The number of likely N-dealkylation sites (tertiary alicyclic amines) is 1. The molecule has 2 aliphatic rings. The van der Waals surface area contributed by atoms with Crippen LogP contribution in [0.1, 0.15) is 34.7 Å². The second-order valence-corrected chi connectivity index (χ2v) is 8.40. The highest BCUT2D eigenvalue weighted by atomic mass is 16.5. The molecule has 0 radical (unpaired) electrons. The first-order valence-corrected chi connectivity index (χ1v) is 10.4. The molecule has 0 unspecified atom stereocenters. The van der Waals surface area contributed by atoms with Gasteiger partial charge in [-0.2, -0.15) is 5.10 Å². The Labute approximate surface area is 174 Å². The Morgan fingerprint density at radius 1 is 1.17 bits per heavy atom. The molecule has 0 aromatic carbocycles. The highest BCUT2D eigenvalue weighted by molar-refractivity contribution is 5.93. The summed E-state index contributed by atoms with van der Waals surface area (Å²) in [5.74, 6) is 1.22. The largest absolute Gasteiger partial charge is 0.486 e. The molecule has 4 heterocycles. The molecule has 8 heteroatoms. The van der Waals surface area contributed by atoms with Crippen molar-refractivity contribution in [3.8, 4) is 5.75 Å². The van der Waals surface area contributed by atoms with Crippen molar-refractivity contribution in [1.82, 2.24) is 24.5 Å². The predicted molar refractivity (Wildman–Crippen MR) is 109 cm³/mol. The first-order chi connectivity index (χ1) is 14.5. The van der Waals surface area contributed by atoms with Crippen molar-refractivity contribution in [3.63, 3.8) is 0 Å². The number of aliphatic hydroxyl groups excluding tert-OH is 1. The fraction of sp³-hybridized carbons (Fsp3) is 0.455. The van der Waals surface area contributed by atoms with E-state index in [1.165, 1.54) is 0 Å². The number of aromatic nitrogens is 4. The number of hydrogen-bond acceptors (Lipinski definition) is 6. The summed E-state index contributed by atoms with van der Waals surface area (Å²) in [5, 5.41) is 15.0. The number of nitrogens with zero attached hydrogens (tertiary/aromatic N) is 5. The molecule has 1 saturated carbocycles. The van der Waals surface area contributed by atoms with E-state index in [1.807, 2.05) is 36.9 Å². The lowest BCUT2D eigenvalue weighted by Crippen LogP contribution is -2.42. The molecule has 2 fully saturated rings. The molecule has 3 aromatic heterocycles. The van der Waals surface area contributed by atoms with E-state index in [4.69, 9.17) is 4.74 Å². The molecule has 1 amide bonds. The van der Waals surface area contributed by atoms with Crippen molar-refractivity contribution in [1.29, 1.82) is 0 Å². The van der Waals surface area contributed by atoms with Gasteiger partial charge in [-0.1, -0.05) is 0 Å². The molecule has 5 rings (SSSR count). The molecular weight excluding hydrogens is 382 g/mol. The summed E-state index contributed by atoms with van der Waals surface area (Å²) in [4.78, 5) is 23.7.